The highest BCUT2D eigenvalue weighted by Crippen LogP contribution is 2.38. The van der Waals surface area contributed by atoms with Crippen LogP contribution in [0.2, 0.25) is 0 Å². The van der Waals surface area contributed by atoms with Gasteiger partial charge in [-0.3, -0.25) is 4.79 Å². The third-order valence-corrected chi connectivity index (χ3v) is 6.12. The third kappa shape index (κ3) is 3.96. The number of aldehydes is 1. The van der Waals surface area contributed by atoms with E-state index in [1.54, 1.807) is 6.20 Å². The highest BCUT2D eigenvalue weighted by Gasteiger charge is 2.24. The van der Waals surface area contributed by atoms with Crippen LogP contribution in [0.3, 0.4) is 0 Å². The first-order valence-electron chi connectivity index (χ1n) is 10.9. The zero-order chi connectivity index (χ0) is 21.0. The lowest BCUT2D eigenvalue weighted by atomic mass is 9.84. The second-order valence-corrected chi connectivity index (χ2v) is 8.14. The molecule has 0 spiro atoms. The molecule has 2 aromatic heterocycles. The monoisotopic (exact) mass is 411 g/mol. The fourth-order valence-corrected chi connectivity index (χ4v) is 4.51. The highest BCUT2D eigenvalue weighted by atomic mass is 16.5. The van der Waals surface area contributed by atoms with E-state index in [0.29, 0.717) is 23.7 Å². The lowest BCUT2D eigenvalue weighted by molar-refractivity contribution is 0.112. The molecule has 1 fully saturated rings. The van der Waals surface area contributed by atoms with Crippen molar-refractivity contribution < 1.29 is 9.53 Å². The largest absolute Gasteiger partial charge is 0.489 e. The van der Waals surface area contributed by atoms with Gasteiger partial charge in [0.2, 0.25) is 0 Å². The van der Waals surface area contributed by atoms with Gasteiger partial charge in [-0.1, -0.05) is 61.7 Å². The first kappa shape index (κ1) is 19.5. The van der Waals surface area contributed by atoms with Gasteiger partial charge < -0.3 is 4.74 Å². The van der Waals surface area contributed by atoms with E-state index in [1.807, 2.05) is 41.0 Å². The summed E-state index contributed by atoms with van der Waals surface area (Å²) in [5.74, 6) is 1.26. The van der Waals surface area contributed by atoms with Crippen molar-refractivity contribution in [2.75, 3.05) is 0 Å². The lowest BCUT2D eigenvalue weighted by Crippen LogP contribution is -2.12. The average Bonchev–Trinajstić information content (AvgIpc) is 3.27. The molecule has 5 nitrogen and oxygen atoms in total. The molecule has 0 N–H and O–H groups in total. The number of aromatic nitrogens is 3. The fraction of sp³-hybridized carbons (Fsp3) is 0.269. The molecule has 0 amide bonds. The van der Waals surface area contributed by atoms with E-state index in [4.69, 9.17) is 4.74 Å². The van der Waals surface area contributed by atoms with Gasteiger partial charge in [0, 0.05) is 17.7 Å². The second-order valence-electron chi connectivity index (χ2n) is 8.14. The van der Waals surface area contributed by atoms with Gasteiger partial charge in [0.25, 0.3) is 0 Å². The standard InChI is InChI=1S/C26H25N3O2/c30-17-22-15-28-29-25(21-9-5-2-6-10-21)24(16-27-26(22)29)20-11-13-23(14-12-20)31-18-19-7-3-1-4-8-19/h1,3-4,7-8,11-17,21H,2,5-6,9-10,18H2. The highest BCUT2D eigenvalue weighted by molar-refractivity contribution is 5.84. The number of rotatable bonds is 6. The van der Waals surface area contributed by atoms with E-state index < -0.39 is 0 Å². The molecule has 5 rings (SSSR count). The summed E-state index contributed by atoms with van der Waals surface area (Å²) in [4.78, 5) is 16.0. The molecule has 156 valence electrons. The summed E-state index contributed by atoms with van der Waals surface area (Å²) < 4.78 is 7.83. The maximum Gasteiger partial charge on any atom is 0.165 e. The predicted octanol–water partition coefficient (Wildman–Crippen LogP) is 5.84. The summed E-state index contributed by atoms with van der Waals surface area (Å²) in [6.45, 7) is 0.544. The number of benzene rings is 2. The van der Waals surface area contributed by atoms with Crippen molar-refractivity contribution in [2.45, 2.75) is 44.6 Å². The smallest absolute Gasteiger partial charge is 0.165 e. The van der Waals surface area contributed by atoms with Gasteiger partial charge in [-0.25, -0.2) is 9.50 Å². The van der Waals surface area contributed by atoms with Gasteiger partial charge in [0.15, 0.2) is 11.9 Å². The van der Waals surface area contributed by atoms with E-state index in [1.165, 1.54) is 19.3 Å². The number of nitrogens with zero attached hydrogens (tertiary/aromatic N) is 3. The minimum atomic E-state index is 0.419. The normalized spacial score (nSPS) is 14.6. The minimum absolute atomic E-state index is 0.419. The van der Waals surface area contributed by atoms with Crippen molar-refractivity contribution in [2.24, 2.45) is 0 Å². The van der Waals surface area contributed by atoms with Crippen LogP contribution < -0.4 is 4.74 Å². The van der Waals surface area contributed by atoms with Crippen LogP contribution >= 0.6 is 0 Å². The molecule has 0 aliphatic heterocycles. The van der Waals surface area contributed by atoms with Crippen molar-refractivity contribution in [1.82, 2.24) is 14.6 Å². The van der Waals surface area contributed by atoms with Crippen LogP contribution in [0.15, 0.2) is 67.0 Å². The average molecular weight is 412 g/mol. The molecule has 2 aromatic carbocycles. The molecule has 5 heteroatoms. The van der Waals surface area contributed by atoms with Crippen LogP contribution in [-0.2, 0) is 6.61 Å². The Hall–Kier alpha value is -3.47. The van der Waals surface area contributed by atoms with Crippen molar-refractivity contribution >= 4 is 11.9 Å². The zero-order valence-corrected chi connectivity index (χ0v) is 17.4. The maximum absolute atomic E-state index is 11.4. The van der Waals surface area contributed by atoms with Crippen LogP contribution in [0.1, 0.15) is 59.6 Å². The van der Waals surface area contributed by atoms with E-state index in [2.05, 4.69) is 34.3 Å². The zero-order valence-electron chi connectivity index (χ0n) is 17.4. The molecular weight excluding hydrogens is 386 g/mol. The molecule has 1 saturated carbocycles. The van der Waals surface area contributed by atoms with Crippen LogP contribution in [0.5, 0.6) is 5.75 Å². The van der Waals surface area contributed by atoms with E-state index in [0.717, 1.165) is 47.3 Å². The predicted molar refractivity (Wildman–Crippen MR) is 120 cm³/mol. The molecular formula is C26H25N3O2. The summed E-state index contributed by atoms with van der Waals surface area (Å²) in [6.07, 6.45) is 10.4. The van der Waals surface area contributed by atoms with Crippen molar-refractivity contribution in [3.05, 3.63) is 83.8 Å². The number of fused-ring (bicyclic) bond motifs is 1. The molecule has 1 aliphatic carbocycles. The Labute approximate surface area is 181 Å². The summed E-state index contributed by atoms with van der Waals surface area (Å²) in [5, 5.41) is 4.53. The van der Waals surface area contributed by atoms with Crippen molar-refractivity contribution in [3.8, 4) is 16.9 Å². The fourth-order valence-electron chi connectivity index (χ4n) is 4.51. The summed E-state index contributed by atoms with van der Waals surface area (Å²) >= 11 is 0. The molecule has 2 heterocycles. The minimum Gasteiger partial charge on any atom is -0.489 e. The van der Waals surface area contributed by atoms with Crippen molar-refractivity contribution in [3.63, 3.8) is 0 Å². The lowest BCUT2D eigenvalue weighted by Gasteiger charge is -2.25. The van der Waals surface area contributed by atoms with Gasteiger partial charge >= 0.3 is 0 Å². The van der Waals surface area contributed by atoms with Crippen LogP contribution in [-0.4, -0.2) is 20.9 Å². The molecule has 0 unspecified atom stereocenters. The second kappa shape index (κ2) is 8.72. The van der Waals surface area contributed by atoms with E-state index in [-0.39, 0.29) is 0 Å². The van der Waals surface area contributed by atoms with Gasteiger partial charge in [-0.05, 0) is 36.1 Å². The first-order valence-corrected chi connectivity index (χ1v) is 10.9. The Bertz CT molecular complexity index is 1180. The maximum atomic E-state index is 11.4. The van der Waals surface area contributed by atoms with Gasteiger partial charge in [-0.2, -0.15) is 5.10 Å². The Morgan fingerprint density at radius 1 is 0.968 bits per heavy atom. The van der Waals surface area contributed by atoms with Gasteiger partial charge in [-0.15, -0.1) is 0 Å². The number of carbonyl (C=O) groups is 1. The number of hydrogen-bond acceptors (Lipinski definition) is 4. The van der Waals surface area contributed by atoms with Crippen LogP contribution in [0, 0.1) is 0 Å². The van der Waals surface area contributed by atoms with Gasteiger partial charge in [0.1, 0.15) is 12.4 Å². The van der Waals surface area contributed by atoms with Crippen LogP contribution in [0.4, 0.5) is 0 Å². The molecule has 0 atom stereocenters. The molecule has 4 aromatic rings. The molecule has 31 heavy (non-hydrogen) atoms. The van der Waals surface area contributed by atoms with Crippen molar-refractivity contribution in [1.29, 1.82) is 0 Å². The Morgan fingerprint density at radius 3 is 2.48 bits per heavy atom. The number of ether oxygens (including phenoxy) is 1. The SMILES string of the molecule is O=Cc1cnn2c(C3CCCCC3)c(-c3ccc(OCc4ccccc4)cc3)cnc12. The number of hydrogen-bond donors (Lipinski definition) is 0. The van der Waals surface area contributed by atoms with E-state index >= 15 is 0 Å². The first-order chi connectivity index (χ1) is 15.3. The molecule has 0 bridgehead atoms. The van der Waals surface area contributed by atoms with E-state index in [9.17, 15) is 4.79 Å². The third-order valence-electron chi connectivity index (χ3n) is 6.12. The van der Waals surface area contributed by atoms with Gasteiger partial charge in [0.05, 0.1) is 17.5 Å². The summed E-state index contributed by atoms with van der Waals surface area (Å²) in [7, 11) is 0. The molecule has 0 saturated heterocycles. The Kier molecular flexibility index (Phi) is 5.48. The Balaban J connectivity index is 1.48. The number of carbonyl (C=O) groups excluding carboxylic acids is 1. The summed E-state index contributed by atoms with van der Waals surface area (Å²) in [6, 6.07) is 18.3. The summed E-state index contributed by atoms with van der Waals surface area (Å²) in [5.41, 5.74) is 5.65. The topological polar surface area (TPSA) is 56.5 Å². The Morgan fingerprint density at radius 2 is 1.74 bits per heavy atom. The van der Waals surface area contributed by atoms with Crippen LogP contribution in [0.25, 0.3) is 16.8 Å². The quantitative estimate of drug-likeness (QED) is 0.374. The molecule has 1 aliphatic rings. The molecule has 0 radical (unpaired) electrons.